The minimum Gasteiger partial charge on any atom is -0.444 e. The van der Waals surface area contributed by atoms with Crippen molar-refractivity contribution in [1.82, 2.24) is 5.32 Å². The SMILES string of the molecule is C#C[C@@H](COC)NC(=O)OC(C)(C)C. The molecule has 0 aromatic rings. The molecule has 4 heteroatoms. The molecule has 14 heavy (non-hydrogen) atoms. The second-order valence-corrected chi connectivity index (χ2v) is 3.82. The smallest absolute Gasteiger partial charge is 0.408 e. The topological polar surface area (TPSA) is 47.6 Å². The average Bonchev–Trinajstić information content (AvgIpc) is 2.00. The Morgan fingerprint density at radius 1 is 1.57 bits per heavy atom. The van der Waals surface area contributed by atoms with Crippen LogP contribution in [-0.4, -0.2) is 31.5 Å². The van der Waals surface area contributed by atoms with Crippen molar-refractivity contribution in [3.63, 3.8) is 0 Å². The van der Waals surface area contributed by atoms with Crippen LogP contribution in [0.1, 0.15) is 20.8 Å². The average molecular weight is 199 g/mol. The number of carbonyl (C=O) groups is 1. The van der Waals surface area contributed by atoms with Crippen molar-refractivity contribution >= 4 is 6.09 Å². The molecule has 0 aliphatic carbocycles. The maximum atomic E-state index is 11.2. The van der Waals surface area contributed by atoms with Crippen molar-refractivity contribution < 1.29 is 14.3 Å². The Morgan fingerprint density at radius 2 is 2.14 bits per heavy atom. The molecule has 0 fully saturated rings. The summed E-state index contributed by atoms with van der Waals surface area (Å²) in [5.41, 5.74) is -0.518. The molecule has 0 aromatic carbocycles. The van der Waals surface area contributed by atoms with Gasteiger partial charge in [0.2, 0.25) is 0 Å². The third-order valence-corrected chi connectivity index (χ3v) is 1.23. The van der Waals surface area contributed by atoms with Gasteiger partial charge in [-0.2, -0.15) is 0 Å². The van der Waals surface area contributed by atoms with Crippen LogP contribution in [-0.2, 0) is 9.47 Å². The molecule has 0 heterocycles. The molecule has 0 bridgehead atoms. The standard InChI is InChI=1S/C10H17NO3/c1-6-8(7-13-5)11-9(12)14-10(2,3)4/h1,8H,7H2,2-5H3,(H,11,12)/t8-/m0/s1. The summed E-state index contributed by atoms with van der Waals surface area (Å²) in [7, 11) is 1.51. The minimum atomic E-state index is -0.530. The van der Waals surface area contributed by atoms with Crippen molar-refractivity contribution in [2.24, 2.45) is 0 Å². The Bertz CT molecular complexity index is 225. The molecule has 1 N–H and O–H groups in total. The van der Waals surface area contributed by atoms with E-state index in [1.54, 1.807) is 20.8 Å². The summed E-state index contributed by atoms with van der Waals surface area (Å²) in [6, 6.07) is -0.449. The van der Waals surface area contributed by atoms with Crippen molar-refractivity contribution in [3.8, 4) is 12.3 Å². The number of hydrogen-bond donors (Lipinski definition) is 1. The first-order chi connectivity index (χ1) is 6.39. The Morgan fingerprint density at radius 3 is 2.50 bits per heavy atom. The van der Waals surface area contributed by atoms with E-state index in [9.17, 15) is 4.79 Å². The first-order valence-corrected chi connectivity index (χ1v) is 4.33. The Hall–Kier alpha value is -1.21. The molecule has 0 aliphatic rings. The van der Waals surface area contributed by atoms with Gasteiger partial charge in [-0.15, -0.1) is 6.42 Å². The van der Waals surface area contributed by atoms with Gasteiger partial charge in [0.15, 0.2) is 0 Å². The normalized spacial score (nSPS) is 12.8. The highest BCUT2D eigenvalue weighted by Crippen LogP contribution is 2.06. The fourth-order valence-corrected chi connectivity index (χ4v) is 0.748. The first-order valence-electron chi connectivity index (χ1n) is 4.33. The zero-order valence-corrected chi connectivity index (χ0v) is 9.09. The van der Waals surface area contributed by atoms with E-state index in [1.807, 2.05) is 0 Å². The van der Waals surface area contributed by atoms with Crippen LogP contribution in [0.25, 0.3) is 0 Å². The zero-order valence-electron chi connectivity index (χ0n) is 9.09. The van der Waals surface area contributed by atoms with E-state index in [0.29, 0.717) is 0 Å². The van der Waals surface area contributed by atoms with Gasteiger partial charge in [0.1, 0.15) is 11.6 Å². The summed E-state index contributed by atoms with van der Waals surface area (Å²) >= 11 is 0. The number of methoxy groups -OCH3 is 1. The first kappa shape index (κ1) is 12.8. The van der Waals surface area contributed by atoms with Gasteiger partial charge in [-0.05, 0) is 20.8 Å². The molecule has 1 amide bonds. The van der Waals surface area contributed by atoms with Crippen LogP contribution in [0.3, 0.4) is 0 Å². The molecular formula is C10H17NO3. The maximum absolute atomic E-state index is 11.2. The maximum Gasteiger partial charge on any atom is 0.408 e. The van der Waals surface area contributed by atoms with Crippen LogP contribution in [0.4, 0.5) is 4.79 Å². The van der Waals surface area contributed by atoms with Gasteiger partial charge >= 0.3 is 6.09 Å². The summed E-state index contributed by atoms with van der Waals surface area (Å²) in [6.45, 7) is 5.63. The molecule has 0 radical (unpaired) electrons. The van der Waals surface area contributed by atoms with Gasteiger partial charge in [0, 0.05) is 7.11 Å². The number of terminal acetylenes is 1. The van der Waals surface area contributed by atoms with Crippen molar-refractivity contribution in [3.05, 3.63) is 0 Å². The molecule has 0 saturated heterocycles. The van der Waals surface area contributed by atoms with Crippen LogP contribution in [0.15, 0.2) is 0 Å². The highest BCUT2D eigenvalue weighted by Gasteiger charge is 2.18. The lowest BCUT2D eigenvalue weighted by atomic mass is 10.2. The van der Waals surface area contributed by atoms with Crippen molar-refractivity contribution in [2.45, 2.75) is 32.4 Å². The van der Waals surface area contributed by atoms with Crippen LogP contribution >= 0.6 is 0 Å². The Balaban J connectivity index is 3.99. The quantitative estimate of drug-likeness (QED) is 0.694. The molecule has 1 atom stereocenters. The summed E-state index contributed by atoms with van der Waals surface area (Å²) in [6.07, 6.45) is 4.64. The molecule has 0 rings (SSSR count). The van der Waals surface area contributed by atoms with Gasteiger partial charge in [-0.25, -0.2) is 4.79 Å². The molecule has 0 aliphatic heterocycles. The van der Waals surface area contributed by atoms with E-state index >= 15 is 0 Å². The third kappa shape index (κ3) is 6.32. The van der Waals surface area contributed by atoms with Crippen molar-refractivity contribution in [2.75, 3.05) is 13.7 Å². The van der Waals surface area contributed by atoms with Gasteiger partial charge in [0.05, 0.1) is 6.61 Å². The number of amides is 1. The van der Waals surface area contributed by atoms with Gasteiger partial charge in [0.25, 0.3) is 0 Å². The molecular weight excluding hydrogens is 182 g/mol. The fourth-order valence-electron chi connectivity index (χ4n) is 0.748. The second kappa shape index (κ2) is 5.51. The lowest BCUT2D eigenvalue weighted by Crippen LogP contribution is -2.40. The predicted molar refractivity (Wildman–Crippen MR) is 53.9 cm³/mol. The molecule has 0 spiro atoms. The van der Waals surface area contributed by atoms with Crippen LogP contribution in [0.2, 0.25) is 0 Å². The number of ether oxygens (including phenoxy) is 2. The zero-order chi connectivity index (χ0) is 11.2. The highest BCUT2D eigenvalue weighted by atomic mass is 16.6. The highest BCUT2D eigenvalue weighted by molar-refractivity contribution is 5.68. The van der Waals surface area contributed by atoms with E-state index in [2.05, 4.69) is 11.2 Å². The van der Waals surface area contributed by atoms with E-state index in [4.69, 9.17) is 15.9 Å². The molecule has 4 nitrogen and oxygen atoms in total. The lowest BCUT2D eigenvalue weighted by molar-refractivity contribution is 0.0491. The Labute approximate surface area is 85.0 Å². The van der Waals surface area contributed by atoms with E-state index < -0.39 is 17.7 Å². The molecule has 80 valence electrons. The van der Waals surface area contributed by atoms with Crippen LogP contribution in [0.5, 0.6) is 0 Å². The van der Waals surface area contributed by atoms with Gasteiger partial charge in [-0.3, -0.25) is 0 Å². The number of alkyl carbamates (subject to hydrolysis) is 1. The second-order valence-electron chi connectivity index (χ2n) is 3.82. The molecule has 0 unspecified atom stereocenters. The van der Waals surface area contributed by atoms with Crippen LogP contribution < -0.4 is 5.32 Å². The number of rotatable bonds is 3. The predicted octanol–water partition coefficient (Wildman–Crippen LogP) is 1.16. The van der Waals surface area contributed by atoms with E-state index in [-0.39, 0.29) is 6.61 Å². The van der Waals surface area contributed by atoms with E-state index in [0.717, 1.165) is 0 Å². The number of carbonyl (C=O) groups excluding carboxylic acids is 1. The minimum absolute atomic E-state index is 0.274. The van der Waals surface area contributed by atoms with Gasteiger partial charge < -0.3 is 14.8 Å². The molecule has 0 aromatic heterocycles. The third-order valence-electron chi connectivity index (χ3n) is 1.23. The number of nitrogens with one attached hydrogen (secondary N) is 1. The Kier molecular flexibility index (Phi) is 5.03. The van der Waals surface area contributed by atoms with Crippen LogP contribution in [0, 0.1) is 12.3 Å². The summed E-state index contributed by atoms with van der Waals surface area (Å²) in [4.78, 5) is 11.2. The van der Waals surface area contributed by atoms with Crippen molar-refractivity contribution in [1.29, 1.82) is 0 Å². The van der Waals surface area contributed by atoms with E-state index in [1.165, 1.54) is 7.11 Å². The largest absolute Gasteiger partial charge is 0.444 e. The van der Waals surface area contributed by atoms with Gasteiger partial charge in [-0.1, -0.05) is 5.92 Å². The monoisotopic (exact) mass is 199 g/mol. The summed E-state index contributed by atoms with van der Waals surface area (Å²) < 4.78 is 9.83. The summed E-state index contributed by atoms with van der Waals surface area (Å²) in [5.74, 6) is 2.38. The molecule has 0 saturated carbocycles. The summed E-state index contributed by atoms with van der Waals surface area (Å²) in [5, 5.41) is 2.50. The number of hydrogen-bond acceptors (Lipinski definition) is 3. The lowest BCUT2D eigenvalue weighted by Gasteiger charge is -2.21. The fraction of sp³-hybridized carbons (Fsp3) is 0.700.